The van der Waals surface area contributed by atoms with E-state index in [9.17, 15) is 18.3 Å². The molecule has 1 aliphatic heterocycles. The van der Waals surface area contributed by atoms with Gasteiger partial charge in [-0.05, 0) is 42.5 Å². The highest BCUT2D eigenvalue weighted by Gasteiger charge is 2.25. The number of hydrogen-bond donors (Lipinski definition) is 1. The highest BCUT2D eigenvalue weighted by atomic mass is 35.5. The average Bonchev–Trinajstić information content (AvgIpc) is 2.61. The Kier molecular flexibility index (Phi) is 5.11. The van der Waals surface area contributed by atoms with Gasteiger partial charge in [-0.1, -0.05) is 11.6 Å². The van der Waals surface area contributed by atoms with Crippen LogP contribution in [0.25, 0.3) is 0 Å². The van der Waals surface area contributed by atoms with Crippen LogP contribution >= 0.6 is 11.6 Å². The Morgan fingerprint density at radius 3 is 2.23 bits per heavy atom. The van der Waals surface area contributed by atoms with E-state index in [4.69, 9.17) is 11.6 Å². The second-order valence-electron chi connectivity index (χ2n) is 6.21. The standard InChI is InChI=1S/C18H19ClN2O4S/c1-26(24,25)15-6-7-17(19)16(12-15)18(23)21-10-8-20(9-11-21)13-2-4-14(22)5-3-13/h2-7,12,22H,8-11H2,1H3. The number of phenols is 1. The lowest BCUT2D eigenvalue weighted by molar-refractivity contribution is 0.0746. The summed E-state index contributed by atoms with van der Waals surface area (Å²) in [6.45, 7) is 2.28. The number of phenolic OH excluding ortho intramolecular Hbond substituents is 1. The molecule has 138 valence electrons. The summed E-state index contributed by atoms with van der Waals surface area (Å²) in [5.41, 5.74) is 1.18. The van der Waals surface area contributed by atoms with Crippen LogP contribution in [-0.4, -0.2) is 56.8 Å². The van der Waals surface area contributed by atoms with Crippen molar-refractivity contribution in [2.45, 2.75) is 4.90 Å². The topological polar surface area (TPSA) is 77.9 Å². The number of carbonyl (C=O) groups is 1. The maximum atomic E-state index is 12.8. The maximum absolute atomic E-state index is 12.8. The first-order valence-corrected chi connectivity index (χ1v) is 10.4. The number of carbonyl (C=O) groups excluding carboxylic acids is 1. The van der Waals surface area contributed by atoms with E-state index in [2.05, 4.69) is 4.90 Å². The van der Waals surface area contributed by atoms with E-state index in [0.29, 0.717) is 26.2 Å². The molecule has 1 heterocycles. The van der Waals surface area contributed by atoms with Crippen molar-refractivity contribution in [2.24, 2.45) is 0 Å². The SMILES string of the molecule is CS(=O)(=O)c1ccc(Cl)c(C(=O)N2CCN(c3ccc(O)cc3)CC2)c1. The predicted molar refractivity (Wildman–Crippen MR) is 101 cm³/mol. The van der Waals surface area contributed by atoms with Crippen molar-refractivity contribution in [3.63, 3.8) is 0 Å². The van der Waals surface area contributed by atoms with Crippen LogP contribution in [0, 0.1) is 0 Å². The monoisotopic (exact) mass is 394 g/mol. The van der Waals surface area contributed by atoms with Crippen molar-refractivity contribution in [3.8, 4) is 5.75 Å². The number of halogens is 1. The van der Waals surface area contributed by atoms with Crippen LogP contribution in [0.4, 0.5) is 5.69 Å². The summed E-state index contributed by atoms with van der Waals surface area (Å²) < 4.78 is 23.5. The molecule has 1 saturated heterocycles. The van der Waals surface area contributed by atoms with E-state index in [-0.39, 0.29) is 27.1 Å². The van der Waals surface area contributed by atoms with Crippen molar-refractivity contribution < 1.29 is 18.3 Å². The van der Waals surface area contributed by atoms with E-state index < -0.39 is 9.84 Å². The summed E-state index contributed by atoms with van der Waals surface area (Å²) in [5, 5.41) is 9.61. The molecule has 0 unspecified atom stereocenters. The van der Waals surface area contributed by atoms with Crippen molar-refractivity contribution in [3.05, 3.63) is 53.1 Å². The fourth-order valence-corrected chi connectivity index (χ4v) is 3.75. The summed E-state index contributed by atoms with van der Waals surface area (Å²) in [6.07, 6.45) is 1.10. The van der Waals surface area contributed by atoms with Gasteiger partial charge in [-0.15, -0.1) is 0 Å². The van der Waals surface area contributed by atoms with Gasteiger partial charge in [0.15, 0.2) is 9.84 Å². The molecule has 1 aliphatic rings. The number of rotatable bonds is 3. The molecule has 0 atom stereocenters. The third kappa shape index (κ3) is 3.94. The lowest BCUT2D eigenvalue weighted by Gasteiger charge is -2.36. The third-order valence-corrected chi connectivity index (χ3v) is 5.82. The van der Waals surface area contributed by atoms with Crippen LogP contribution in [0.15, 0.2) is 47.4 Å². The predicted octanol–water partition coefficient (Wildman–Crippen LogP) is 2.41. The van der Waals surface area contributed by atoms with Gasteiger partial charge in [-0.25, -0.2) is 8.42 Å². The first-order valence-electron chi connectivity index (χ1n) is 8.08. The molecule has 6 nitrogen and oxygen atoms in total. The number of benzene rings is 2. The summed E-state index contributed by atoms with van der Waals surface area (Å²) in [6, 6.07) is 11.1. The van der Waals surface area contributed by atoms with Crippen molar-refractivity contribution >= 4 is 33.0 Å². The molecule has 2 aromatic rings. The number of anilines is 1. The Bertz CT molecular complexity index is 921. The highest BCUT2D eigenvalue weighted by molar-refractivity contribution is 7.90. The van der Waals surface area contributed by atoms with Crippen LogP contribution in [0.1, 0.15) is 10.4 Å². The van der Waals surface area contributed by atoms with Crippen molar-refractivity contribution in [1.29, 1.82) is 0 Å². The second kappa shape index (κ2) is 7.17. The number of sulfone groups is 1. The minimum atomic E-state index is -3.41. The molecule has 1 amide bonds. The second-order valence-corrected chi connectivity index (χ2v) is 8.63. The summed E-state index contributed by atoms with van der Waals surface area (Å²) in [5.74, 6) is -0.0613. The average molecular weight is 395 g/mol. The zero-order chi connectivity index (χ0) is 18.9. The van der Waals surface area contributed by atoms with Crippen molar-refractivity contribution in [1.82, 2.24) is 4.90 Å². The first-order chi connectivity index (χ1) is 12.3. The number of nitrogens with zero attached hydrogens (tertiary/aromatic N) is 2. The largest absolute Gasteiger partial charge is 0.508 e. The molecule has 2 aromatic carbocycles. The zero-order valence-corrected chi connectivity index (χ0v) is 15.8. The Morgan fingerprint density at radius 1 is 1.04 bits per heavy atom. The third-order valence-electron chi connectivity index (χ3n) is 4.38. The van der Waals surface area contributed by atoms with Gasteiger partial charge in [0.2, 0.25) is 0 Å². The van der Waals surface area contributed by atoms with Gasteiger partial charge in [-0.2, -0.15) is 0 Å². The minimum absolute atomic E-state index is 0.0768. The Balaban J connectivity index is 1.73. The van der Waals surface area contributed by atoms with E-state index in [1.165, 1.54) is 18.2 Å². The lowest BCUT2D eigenvalue weighted by Crippen LogP contribution is -2.48. The van der Waals surface area contributed by atoms with E-state index in [1.807, 2.05) is 12.1 Å². The molecule has 26 heavy (non-hydrogen) atoms. The molecular formula is C18H19ClN2O4S. The van der Waals surface area contributed by atoms with E-state index >= 15 is 0 Å². The fraction of sp³-hybridized carbons (Fsp3) is 0.278. The maximum Gasteiger partial charge on any atom is 0.255 e. The molecule has 0 bridgehead atoms. The molecule has 8 heteroatoms. The number of hydrogen-bond acceptors (Lipinski definition) is 5. The van der Waals surface area contributed by atoms with Gasteiger partial charge < -0.3 is 14.9 Å². The lowest BCUT2D eigenvalue weighted by atomic mass is 10.1. The van der Waals surface area contributed by atoms with Gasteiger partial charge in [0, 0.05) is 38.1 Å². The minimum Gasteiger partial charge on any atom is -0.508 e. The summed E-state index contributed by atoms with van der Waals surface area (Å²) >= 11 is 6.12. The van der Waals surface area contributed by atoms with Crippen LogP contribution in [0.5, 0.6) is 5.75 Å². The molecule has 1 fully saturated rings. The van der Waals surface area contributed by atoms with Crippen LogP contribution in [0.3, 0.4) is 0 Å². The Hall–Kier alpha value is -2.25. The summed E-state index contributed by atoms with van der Waals surface area (Å²) in [4.78, 5) is 16.7. The molecule has 0 aromatic heterocycles. The Morgan fingerprint density at radius 2 is 1.65 bits per heavy atom. The number of aromatic hydroxyl groups is 1. The molecule has 1 N–H and O–H groups in total. The number of amides is 1. The van der Waals surface area contributed by atoms with E-state index in [0.717, 1.165) is 11.9 Å². The van der Waals surface area contributed by atoms with Gasteiger partial charge in [-0.3, -0.25) is 4.79 Å². The van der Waals surface area contributed by atoms with Crippen molar-refractivity contribution in [2.75, 3.05) is 37.3 Å². The molecule has 0 radical (unpaired) electrons. The highest BCUT2D eigenvalue weighted by Crippen LogP contribution is 2.24. The van der Waals surface area contributed by atoms with Crippen LogP contribution < -0.4 is 4.90 Å². The van der Waals surface area contributed by atoms with Crippen LogP contribution in [-0.2, 0) is 9.84 Å². The van der Waals surface area contributed by atoms with Gasteiger partial charge in [0.1, 0.15) is 5.75 Å². The van der Waals surface area contributed by atoms with E-state index in [1.54, 1.807) is 17.0 Å². The first kappa shape index (κ1) is 18.5. The molecular weight excluding hydrogens is 376 g/mol. The quantitative estimate of drug-likeness (QED) is 0.864. The molecule has 0 spiro atoms. The fourth-order valence-electron chi connectivity index (χ4n) is 2.90. The smallest absolute Gasteiger partial charge is 0.255 e. The number of piperazine rings is 1. The van der Waals surface area contributed by atoms with Gasteiger partial charge >= 0.3 is 0 Å². The van der Waals surface area contributed by atoms with Crippen LogP contribution in [0.2, 0.25) is 5.02 Å². The van der Waals surface area contributed by atoms with Gasteiger partial charge in [0.05, 0.1) is 15.5 Å². The summed E-state index contributed by atoms with van der Waals surface area (Å²) in [7, 11) is -3.41. The molecule has 0 saturated carbocycles. The normalized spacial score (nSPS) is 15.2. The Labute approximate surface area is 157 Å². The molecule has 0 aliphatic carbocycles. The zero-order valence-electron chi connectivity index (χ0n) is 14.2. The van der Waals surface area contributed by atoms with Gasteiger partial charge in [0.25, 0.3) is 5.91 Å². The molecule has 3 rings (SSSR count).